The summed E-state index contributed by atoms with van der Waals surface area (Å²) < 4.78 is 4.89. The Hall–Kier alpha value is -2.64. The number of hydrogen-bond acceptors (Lipinski definition) is 5. The van der Waals surface area contributed by atoms with Gasteiger partial charge in [0.05, 0.1) is 4.92 Å². The summed E-state index contributed by atoms with van der Waals surface area (Å²) in [5.41, 5.74) is -0.0913. The third kappa shape index (κ3) is 5.80. The number of unbranched alkanes of at least 4 members (excludes halogenated alkanes) is 1. The first-order valence-electron chi connectivity index (χ1n) is 5.91. The van der Waals surface area contributed by atoms with Crippen molar-refractivity contribution >= 4 is 17.7 Å². The molecule has 0 saturated carbocycles. The summed E-state index contributed by atoms with van der Waals surface area (Å²) in [6, 6.07) is 5.11. The number of amides is 1. The second-order valence-corrected chi connectivity index (χ2v) is 3.92. The molecule has 0 unspecified atom stereocenters. The van der Waals surface area contributed by atoms with Crippen molar-refractivity contribution < 1.29 is 24.4 Å². The maximum Gasteiger partial charge on any atom is 0.412 e. The molecule has 2 N–H and O–H groups in total. The van der Waals surface area contributed by atoms with Gasteiger partial charge in [-0.2, -0.15) is 0 Å². The molecule has 0 aliphatic carbocycles. The van der Waals surface area contributed by atoms with Crippen LogP contribution in [0.4, 0.5) is 10.5 Å². The number of carbonyl (C=O) groups excluding carboxylic acids is 1. The molecule has 0 aliphatic heterocycles. The molecule has 20 heavy (non-hydrogen) atoms. The number of carboxylic acids is 1. The van der Waals surface area contributed by atoms with Gasteiger partial charge in [0.15, 0.2) is 0 Å². The van der Waals surface area contributed by atoms with E-state index < -0.39 is 17.0 Å². The highest BCUT2D eigenvalue weighted by molar-refractivity contribution is 5.70. The molecule has 1 rings (SSSR count). The standard InChI is InChI=1S/C12H14N2O6/c15-11(16)3-1-2-8-13-12(17)20-10-6-4-9(5-7-10)14(18)19/h4-7H,1-3,8H2,(H,13,17)(H,15,16). The summed E-state index contributed by atoms with van der Waals surface area (Å²) in [6.07, 6.45) is 0.364. The maximum atomic E-state index is 11.3. The fourth-order valence-corrected chi connectivity index (χ4v) is 1.37. The van der Waals surface area contributed by atoms with Gasteiger partial charge >= 0.3 is 12.1 Å². The SMILES string of the molecule is O=C(O)CCCCNC(=O)Oc1ccc([N+](=O)[O-])cc1. The lowest BCUT2D eigenvalue weighted by atomic mass is 10.2. The Morgan fingerprint density at radius 3 is 2.45 bits per heavy atom. The van der Waals surface area contributed by atoms with Crippen LogP contribution in [-0.2, 0) is 4.79 Å². The largest absolute Gasteiger partial charge is 0.481 e. The molecular weight excluding hydrogens is 268 g/mol. The molecule has 0 aliphatic rings. The first-order chi connectivity index (χ1) is 9.49. The number of carbonyl (C=O) groups is 2. The molecule has 1 amide bonds. The number of ether oxygens (including phenoxy) is 1. The number of nitro benzene ring substituents is 1. The summed E-state index contributed by atoms with van der Waals surface area (Å²) in [5.74, 6) is -0.683. The first kappa shape index (κ1) is 15.4. The molecule has 108 valence electrons. The predicted octanol–water partition coefficient (Wildman–Crippen LogP) is 1.94. The molecular formula is C12H14N2O6. The Morgan fingerprint density at radius 1 is 1.25 bits per heavy atom. The van der Waals surface area contributed by atoms with Gasteiger partial charge in [0, 0.05) is 25.1 Å². The van der Waals surface area contributed by atoms with Gasteiger partial charge < -0.3 is 15.2 Å². The van der Waals surface area contributed by atoms with Crippen molar-refractivity contribution in [3.8, 4) is 5.75 Å². The fraction of sp³-hybridized carbons (Fsp3) is 0.333. The Labute approximate surface area is 114 Å². The van der Waals surface area contributed by atoms with E-state index in [4.69, 9.17) is 9.84 Å². The van der Waals surface area contributed by atoms with E-state index in [9.17, 15) is 19.7 Å². The number of carboxylic acid groups (broad SMARTS) is 1. The summed E-state index contributed by atoms with van der Waals surface area (Å²) in [6.45, 7) is 0.305. The fourth-order valence-electron chi connectivity index (χ4n) is 1.37. The van der Waals surface area contributed by atoms with Crippen LogP contribution in [0.15, 0.2) is 24.3 Å². The first-order valence-corrected chi connectivity index (χ1v) is 5.91. The highest BCUT2D eigenvalue weighted by atomic mass is 16.6. The van der Waals surface area contributed by atoms with Crippen molar-refractivity contribution in [2.45, 2.75) is 19.3 Å². The van der Waals surface area contributed by atoms with Crippen LogP contribution in [0.3, 0.4) is 0 Å². The maximum absolute atomic E-state index is 11.3. The molecule has 8 nitrogen and oxygen atoms in total. The molecule has 0 spiro atoms. The van der Waals surface area contributed by atoms with Crippen LogP contribution in [0, 0.1) is 10.1 Å². The zero-order valence-electron chi connectivity index (χ0n) is 10.6. The molecule has 0 saturated heterocycles. The van der Waals surface area contributed by atoms with Crippen LogP contribution in [0.2, 0.25) is 0 Å². The highest BCUT2D eigenvalue weighted by Gasteiger charge is 2.07. The number of hydrogen-bond donors (Lipinski definition) is 2. The zero-order valence-corrected chi connectivity index (χ0v) is 10.6. The van der Waals surface area contributed by atoms with Crippen molar-refractivity contribution in [3.05, 3.63) is 34.4 Å². The Kier molecular flexibility index (Phi) is 5.95. The van der Waals surface area contributed by atoms with Crippen LogP contribution in [0.25, 0.3) is 0 Å². The van der Waals surface area contributed by atoms with Gasteiger partial charge in [0.1, 0.15) is 5.75 Å². The molecule has 0 radical (unpaired) electrons. The number of nitrogens with one attached hydrogen (secondary N) is 1. The molecule has 1 aromatic rings. The van der Waals surface area contributed by atoms with Crippen molar-refractivity contribution in [1.82, 2.24) is 5.32 Å². The van der Waals surface area contributed by atoms with Gasteiger partial charge in [-0.25, -0.2) is 4.79 Å². The van der Waals surface area contributed by atoms with Crippen molar-refractivity contribution in [1.29, 1.82) is 0 Å². The minimum Gasteiger partial charge on any atom is -0.481 e. The van der Waals surface area contributed by atoms with E-state index in [1.807, 2.05) is 0 Å². The van der Waals surface area contributed by atoms with E-state index >= 15 is 0 Å². The Morgan fingerprint density at radius 2 is 1.90 bits per heavy atom. The second-order valence-electron chi connectivity index (χ2n) is 3.92. The Balaban J connectivity index is 2.28. The third-order valence-electron chi connectivity index (χ3n) is 2.34. The third-order valence-corrected chi connectivity index (χ3v) is 2.34. The second kappa shape index (κ2) is 7.72. The van der Waals surface area contributed by atoms with E-state index in [2.05, 4.69) is 5.32 Å². The lowest BCUT2D eigenvalue weighted by Gasteiger charge is -2.05. The van der Waals surface area contributed by atoms with Crippen LogP contribution in [0.1, 0.15) is 19.3 Å². The average molecular weight is 282 g/mol. The predicted molar refractivity (Wildman–Crippen MR) is 68.6 cm³/mol. The summed E-state index contributed by atoms with van der Waals surface area (Å²) in [5, 5.41) is 21.3. The van der Waals surface area contributed by atoms with Gasteiger partial charge in [-0.1, -0.05) is 0 Å². The van der Waals surface area contributed by atoms with Crippen LogP contribution in [-0.4, -0.2) is 28.6 Å². The van der Waals surface area contributed by atoms with Crippen LogP contribution in [0.5, 0.6) is 5.75 Å². The molecule has 0 aromatic heterocycles. The van der Waals surface area contributed by atoms with E-state index in [0.717, 1.165) is 0 Å². The van der Waals surface area contributed by atoms with Gasteiger partial charge in [0.25, 0.3) is 5.69 Å². The zero-order chi connectivity index (χ0) is 15.0. The minimum atomic E-state index is -0.876. The van der Waals surface area contributed by atoms with E-state index in [-0.39, 0.29) is 17.9 Å². The molecule has 0 heterocycles. The number of non-ortho nitro benzene ring substituents is 1. The van der Waals surface area contributed by atoms with E-state index in [1.165, 1.54) is 24.3 Å². The number of benzene rings is 1. The molecule has 0 atom stereocenters. The van der Waals surface area contributed by atoms with Gasteiger partial charge in [-0.3, -0.25) is 14.9 Å². The van der Waals surface area contributed by atoms with E-state index in [1.54, 1.807) is 0 Å². The topological polar surface area (TPSA) is 119 Å². The minimum absolute atomic E-state index is 0.0546. The highest BCUT2D eigenvalue weighted by Crippen LogP contribution is 2.17. The number of nitro groups is 1. The monoisotopic (exact) mass is 282 g/mol. The normalized spacial score (nSPS) is 9.80. The van der Waals surface area contributed by atoms with E-state index in [0.29, 0.717) is 19.4 Å². The molecule has 0 bridgehead atoms. The van der Waals surface area contributed by atoms with Gasteiger partial charge in [0.2, 0.25) is 0 Å². The Bertz CT molecular complexity index is 485. The van der Waals surface area contributed by atoms with Gasteiger partial charge in [-0.15, -0.1) is 0 Å². The number of aliphatic carboxylic acids is 1. The van der Waals surface area contributed by atoms with Gasteiger partial charge in [-0.05, 0) is 25.0 Å². The average Bonchev–Trinajstić information content (AvgIpc) is 2.38. The summed E-state index contributed by atoms with van der Waals surface area (Å²) in [4.78, 5) is 31.5. The van der Waals surface area contributed by atoms with Crippen molar-refractivity contribution in [2.24, 2.45) is 0 Å². The smallest absolute Gasteiger partial charge is 0.412 e. The number of rotatable bonds is 7. The quantitative estimate of drug-likeness (QED) is 0.448. The van der Waals surface area contributed by atoms with Crippen LogP contribution < -0.4 is 10.1 Å². The summed E-state index contributed by atoms with van der Waals surface area (Å²) >= 11 is 0. The van der Waals surface area contributed by atoms with Crippen molar-refractivity contribution in [3.63, 3.8) is 0 Å². The van der Waals surface area contributed by atoms with Crippen molar-refractivity contribution in [2.75, 3.05) is 6.54 Å². The molecule has 1 aromatic carbocycles. The lowest BCUT2D eigenvalue weighted by Crippen LogP contribution is -2.27. The number of nitrogens with zero attached hydrogens (tertiary/aromatic N) is 1. The lowest BCUT2D eigenvalue weighted by molar-refractivity contribution is -0.384. The summed E-state index contributed by atoms with van der Waals surface area (Å²) in [7, 11) is 0. The van der Waals surface area contributed by atoms with Crippen LogP contribution >= 0.6 is 0 Å². The molecule has 8 heteroatoms. The molecule has 0 fully saturated rings.